The zero-order valence-electron chi connectivity index (χ0n) is 26.3. The number of hydrogen-bond donors (Lipinski definition) is 0. The van der Waals surface area contributed by atoms with Crippen molar-refractivity contribution in [3.63, 3.8) is 0 Å². The van der Waals surface area contributed by atoms with Crippen LogP contribution in [0.25, 0.3) is 97.8 Å². The predicted octanol–water partition coefficient (Wildman–Crippen LogP) is 12.4. The molecule has 0 bridgehead atoms. The monoisotopic (exact) mass is 641 g/mol. The summed E-state index contributed by atoms with van der Waals surface area (Å²) >= 11 is 1.84. The molecule has 0 aliphatic rings. The molecule has 10 aromatic rings. The van der Waals surface area contributed by atoms with Crippen LogP contribution < -0.4 is 0 Å². The van der Waals surface area contributed by atoms with E-state index < -0.39 is 0 Å². The minimum Gasteiger partial charge on any atom is -0.208 e. The summed E-state index contributed by atoms with van der Waals surface area (Å²) in [5, 5.41) is 9.62. The number of nitrogens with zero attached hydrogens (tertiary/aromatic N) is 3. The molecule has 2 heterocycles. The standard InChI is InChI=1S/C45H27N3S/c1-2-12-30(13-3-1)43-46-44(31-23-21-29(22-24-31)34-18-10-20-40-41(34)37-17-8-9-19-39(37)49-40)48-45(47-43)42-35-16-7-5-14-32(35)27-38-33-15-6-4-11-28(33)25-26-36(38)42/h1-27H. The SMILES string of the molecule is c1ccc(-c2nc(-c3ccc(-c4cccc5sc6ccccc6c45)cc3)nc(-c3c4ccccc4cc4c3ccc3ccccc34)n2)cc1. The normalized spacial score (nSPS) is 11.7. The van der Waals surface area contributed by atoms with Gasteiger partial charge in [0.2, 0.25) is 0 Å². The Bertz CT molecular complexity index is 2870. The van der Waals surface area contributed by atoms with Crippen LogP contribution >= 0.6 is 11.3 Å². The van der Waals surface area contributed by atoms with Crippen LogP contribution in [0.5, 0.6) is 0 Å². The first-order valence-corrected chi connectivity index (χ1v) is 17.3. The molecule has 0 aliphatic heterocycles. The predicted molar refractivity (Wildman–Crippen MR) is 207 cm³/mol. The summed E-state index contributed by atoms with van der Waals surface area (Å²) < 4.78 is 2.61. The van der Waals surface area contributed by atoms with Gasteiger partial charge in [0.25, 0.3) is 0 Å². The maximum Gasteiger partial charge on any atom is 0.165 e. The van der Waals surface area contributed by atoms with E-state index in [1.165, 1.54) is 47.5 Å². The van der Waals surface area contributed by atoms with Gasteiger partial charge in [0.05, 0.1) is 0 Å². The molecule has 8 aromatic carbocycles. The summed E-state index contributed by atoms with van der Waals surface area (Å²) in [6.45, 7) is 0. The fraction of sp³-hybridized carbons (Fsp3) is 0. The Balaban J connectivity index is 1.19. The Labute approximate surface area is 286 Å². The number of thiophene rings is 1. The van der Waals surface area contributed by atoms with Gasteiger partial charge in [0.1, 0.15) is 0 Å². The van der Waals surface area contributed by atoms with E-state index in [-0.39, 0.29) is 0 Å². The first-order chi connectivity index (χ1) is 24.3. The third-order valence-corrected chi connectivity index (χ3v) is 10.7. The van der Waals surface area contributed by atoms with Crippen molar-refractivity contribution in [3.05, 3.63) is 164 Å². The molecular formula is C45H27N3S. The van der Waals surface area contributed by atoms with E-state index in [4.69, 9.17) is 15.0 Å². The van der Waals surface area contributed by atoms with E-state index in [0.29, 0.717) is 17.5 Å². The molecule has 0 unspecified atom stereocenters. The number of rotatable bonds is 4. The topological polar surface area (TPSA) is 38.7 Å². The van der Waals surface area contributed by atoms with Crippen molar-refractivity contribution in [2.45, 2.75) is 0 Å². The van der Waals surface area contributed by atoms with E-state index in [0.717, 1.165) is 32.8 Å². The summed E-state index contributed by atoms with van der Waals surface area (Å²) in [7, 11) is 0. The zero-order chi connectivity index (χ0) is 32.3. The Morgan fingerprint density at radius 3 is 1.78 bits per heavy atom. The van der Waals surface area contributed by atoms with Crippen LogP contribution in [0, 0.1) is 0 Å². The summed E-state index contributed by atoms with van der Waals surface area (Å²) in [6, 6.07) is 58.0. The van der Waals surface area contributed by atoms with E-state index in [9.17, 15) is 0 Å². The third-order valence-electron chi connectivity index (χ3n) is 9.52. The van der Waals surface area contributed by atoms with Crippen LogP contribution in [0.3, 0.4) is 0 Å². The molecule has 228 valence electrons. The molecule has 0 aliphatic carbocycles. The van der Waals surface area contributed by atoms with Crippen molar-refractivity contribution in [3.8, 4) is 45.3 Å². The second-order valence-corrected chi connectivity index (χ2v) is 13.5. The molecule has 0 fully saturated rings. The average Bonchev–Trinajstić information content (AvgIpc) is 3.56. The van der Waals surface area contributed by atoms with Gasteiger partial charge in [0, 0.05) is 36.9 Å². The third kappa shape index (κ3) is 4.61. The summed E-state index contributed by atoms with van der Waals surface area (Å²) in [6.07, 6.45) is 0. The highest BCUT2D eigenvalue weighted by Crippen LogP contribution is 2.41. The largest absolute Gasteiger partial charge is 0.208 e. The van der Waals surface area contributed by atoms with Gasteiger partial charge in [-0.15, -0.1) is 11.3 Å². The lowest BCUT2D eigenvalue weighted by molar-refractivity contribution is 1.08. The van der Waals surface area contributed by atoms with E-state index >= 15 is 0 Å². The molecule has 4 heteroatoms. The molecule has 49 heavy (non-hydrogen) atoms. The lowest BCUT2D eigenvalue weighted by atomic mass is 9.93. The van der Waals surface area contributed by atoms with Crippen molar-refractivity contribution < 1.29 is 0 Å². The van der Waals surface area contributed by atoms with Crippen LogP contribution in [0.4, 0.5) is 0 Å². The molecule has 0 saturated heterocycles. The molecule has 0 radical (unpaired) electrons. The highest BCUT2D eigenvalue weighted by Gasteiger charge is 2.18. The fourth-order valence-electron chi connectivity index (χ4n) is 7.21. The van der Waals surface area contributed by atoms with Crippen LogP contribution in [0.2, 0.25) is 0 Å². The lowest BCUT2D eigenvalue weighted by Gasteiger charge is -2.14. The van der Waals surface area contributed by atoms with E-state index in [1.807, 2.05) is 29.5 Å². The molecular weight excluding hydrogens is 615 g/mol. The highest BCUT2D eigenvalue weighted by atomic mass is 32.1. The van der Waals surface area contributed by atoms with Gasteiger partial charge in [-0.2, -0.15) is 0 Å². The smallest absolute Gasteiger partial charge is 0.165 e. The summed E-state index contributed by atoms with van der Waals surface area (Å²) in [5.74, 6) is 1.97. The van der Waals surface area contributed by atoms with Crippen molar-refractivity contribution in [2.75, 3.05) is 0 Å². The molecule has 0 saturated carbocycles. The van der Waals surface area contributed by atoms with Gasteiger partial charge in [-0.25, -0.2) is 15.0 Å². The lowest BCUT2D eigenvalue weighted by Crippen LogP contribution is -2.01. The summed E-state index contributed by atoms with van der Waals surface area (Å²) in [5.41, 5.74) is 5.32. The van der Waals surface area contributed by atoms with Crippen LogP contribution in [-0.2, 0) is 0 Å². The van der Waals surface area contributed by atoms with Crippen molar-refractivity contribution in [2.24, 2.45) is 0 Å². The fourth-order valence-corrected chi connectivity index (χ4v) is 8.34. The maximum absolute atomic E-state index is 5.24. The highest BCUT2D eigenvalue weighted by molar-refractivity contribution is 7.25. The van der Waals surface area contributed by atoms with Crippen LogP contribution in [0.1, 0.15) is 0 Å². The Kier molecular flexibility index (Phi) is 6.36. The summed E-state index contributed by atoms with van der Waals surface area (Å²) in [4.78, 5) is 15.5. The van der Waals surface area contributed by atoms with E-state index in [2.05, 4.69) is 146 Å². The molecule has 0 spiro atoms. The average molecular weight is 642 g/mol. The molecule has 3 nitrogen and oxygen atoms in total. The maximum atomic E-state index is 5.24. The molecule has 0 N–H and O–H groups in total. The number of benzene rings is 8. The number of aromatic nitrogens is 3. The Morgan fingerprint density at radius 1 is 0.347 bits per heavy atom. The van der Waals surface area contributed by atoms with Gasteiger partial charge < -0.3 is 0 Å². The second kappa shape index (κ2) is 11.2. The number of fused-ring (bicyclic) bond motifs is 7. The van der Waals surface area contributed by atoms with Gasteiger partial charge >= 0.3 is 0 Å². The first-order valence-electron chi connectivity index (χ1n) is 16.4. The van der Waals surface area contributed by atoms with Crippen LogP contribution in [0.15, 0.2) is 164 Å². The minimum atomic E-state index is 0.650. The van der Waals surface area contributed by atoms with E-state index in [1.54, 1.807) is 0 Å². The first kappa shape index (κ1) is 27.8. The Morgan fingerprint density at radius 2 is 0.959 bits per heavy atom. The molecule has 0 atom stereocenters. The zero-order valence-corrected chi connectivity index (χ0v) is 27.2. The quantitative estimate of drug-likeness (QED) is 0.142. The molecule has 2 aromatic heterocycles. The molecule has 0 amide bonds. The van der Waals surface area contributed by atoms with Crippen LogP contribution in [-0.4, -0.2) is 15.0 Å². The molecule has 10 rings (SSSR count). The van der Waals surface area contributed by atoms with Gasteiger partial charge in [0.15, 0.2) is 17.5 Å². The number of hydrogen-bond acceptors (Lipinski definition) is 4. The van der Waals surface area contributed by atoms with Crippen molar-refractivity contribution >= 4 is 63.8 Å². The van der Waals surface area contributed by atoms with Gasteiger partial charge in [-0.1, -0.05) is 146 Å². The second-order valence-electron chi connectivity index (χ2n) is 12.4. The van der Waals surface area contributed by atoms with Crippen molar-refractivity contribution in [1.82, 2.24) is 15.0 Å². The van der Waals surface area contributed by atoms with Crippen molar-refractivity contribution in [1.29, 1.82) is 0 Å². The Hall–Kier alpha value is -6.23. The minimum absolute atomic E-state index is 0.650. The van der Waals surface area contributed by atoms with Gasteiger partial charge in [-0.05, 0) is 61.6 Å². The van der Waals surface area contributed by atoms with Gasteiger partial charge in [-0.3, -0.25) is 0 Å².